The molecule has 0 unspecified atom stereocenters. The van der Waals surface area contributed by atoms with Crippen molar-refractivity contribution >= 4 is 74.1 Å². The van der Waals surface area contributed by atoms with Crippen LogP contribution in [0.15, 0.2) is 45.8 Å². The Hall–Kier alpha value is -2.82. The molecule has 166 valence electrons. The third-order valence-corrected chi connectivity index (χ3v) is 5.94. The Labute approximate surface area is 200 Å². The van der Waals surface area contributed by atoms with E-state index in [9.17, 15) is 24.3 Å². The number of imide groups is 1. The molecule has 3 amide bonds. The van der Waals surface area contributed by atoms with Crippen LogP contribution in [0, 0.1) is 6.92 Å². The molecule has 2 aromatic carbocycles. The Balaban J connectivity index is 1.71. The molecule has 1 aliphatic heterocycles. The minimum Gasteiger partial charge on any atom is -0.546 e. The summed E-state index contributed by atoms with van der Waals surface area (Å²) in [5.41, 5.74) is 2.06. The van der Waals surface area contributed by atoms with Gasteiger partial charge in [0.15, 0.2) is 5.75 Å². The summed E-state index contributed by atoms with van der Waals surface area (Å²) in [5, 5.41) is 12.7. The zero-order chi connectivity index (χ0) is 23.4. The highest BCUT2D eigenvalue weighted by molar-refractivity contribution is 9.10. The van der Waals surface area contributed by atoms with Crippen molar-refractivity contribution in [2.24, 2.45) is 0 Å². The van der Waals surface area contributed by atoms with E-state index >= 15 is 0 Å². The summed E-state index contributed by atoms with van der Waals surface area (Å²) < 4.78 is 5.42. The molecule has 0 spiro atoms. The SMILES string of the molecule is Cc1ccc(NC(=O)CN2C(=O)S/C(=C\c3cc(Cl)c(OCC(=O)[O-])c(Br)c3)C2=O)cc1. The molecular formula is C21H15BrClN2O6S-. The smallest absolute Gasteiger partial charge is 0.294 e. The number of carbonyl (C=O) groups is 4. The van der Waals surface area contributed by atoms with E-state index in [1.807, 2.05) is 19.1 Å². The summed E-state index contributed by atoms with van der Waals surface area (Å²) >= 11 is 10.1. The fourth-order valence-corrected chi connectivity index (χ4v) is 4.53. The lowest BCUT2D eigenvalue weighted by molar-refractivity contribution is -0.307. The molecule has 1 N–H and O–H groups in total. The quantitative estimate of drug-likeness (QED) is 0.538. The van der Waals surface area contributed by atoms with Crippen LogP contribution >= 0.6 is 39.3 Å². The van der Waals surface area contributed by atoms with Gasteiger partial charge in [-0.05, 0) is 70.5 Å². The van der Waals surface area contributed by atoms with Gasteiger partial charge < -0.3 is 20.0 Å². The first-order valence-corrected chi connectivity index (χ1v) is 11.1. The van der Waals surface area contributed by atoms with Gasteiger partial charge in [-0.1, -0.05) is 29.3 Å². The molecule has 2 aromatic rings. The topological polar surface area (TPSA) is 116 Å². The Kier molecular flexibility index (Phi) is 7.60. The number of carbonyl (C=O) groups excluding carboxylic acids is 4. The minimum absolute atomic E-state index is 0.101. The summed E-state index contributed by atoms with van der Waals surface area (Å²) in [6.45, 7) is 0.815. The first-order chi connectivity index (χ1) is 15.1. The highest BCUT2D eigenvalue weighted by Gasteiger charge is 2.36. The third kappa shape index (κ3) is 5.90. The van der Waals surface area contributed by atoms with E-state index in [4.69, 9.17) is 16.3 Å². The molecule has 1 saturated heterocycles. The highest BCUT2D eigenvalue weighted by atomic mass is 79.9. The molecule has 1 aliphatic rings. The van der Waals surface area contributed by atoms with Crippen LogP contribution < -0.4 is 15.2 Å². The lowest BCUT2D eigenvalue weighted by atomic mass is 10.2. The van der Waals surface area contributed by atoms with Crippen molar-refractivity contribution in [3.63, 3.8) is 0 Å². The van der Waals surface area contributed by atoms with Crippen LogP contribution in [0.25, 0.3) is 6.08 Å². The van der Waals surface area contributed by atoms with Gasteiger partial charge in [0.05, 0.1) is 20.4 Å². The second-order valence-electron chi connectivity index (χ2n) is 6.66. The monoisotopic (exact) mass is 537 g/mol. The van der Waals surface area contributed by atoms with Gasteiger partial charge in [-0.15, -0.1) is 0 Å². The van der Waals surface area contributed by atoms with Crippen molar-refractivity contribution in [1.82, 2.24) is 4.90 Å². The first kappa shape index (κ1) is 23.8. The van der Waals surface area contributed by atoms with E-state index in [1.54, 1.807) is 18.2 Å². The lowest BCUT2D eigenvalue weighted by Crippen LogP contribution is -2.36. The number of aryl methyl sites for hydroxylation is 1. The molecule has 1 fully saturated rings. The van der Waals surface area contributed by atoms with Gasteiger partial charge in [-0.2, -0.15) is 0 Å². The largest absolute Gasteiger partial charge is 0.546 e. The predicted molar refractivity (Wildman–Crippen MR) is 122 cm³/mol. The van der Waals surface area contributed by atoms with Crippen LogP contribution in [-0.2, 0) is 14.4 Å². The van der Waals surface area contributed by atoms with E-state index in [-0.39, 0.29) is 15.7 Å². The van der Waals surface area contributed by atoms with Crippen molar-refractivity contribution in [2.45, 2.75) is 6.92 Å². The maximum absolute atomic E-state index is 12.7. The second-order valence-corrected chi connectivity index (χ2v) is 8.91. The third-order valence-electron chi connectivity index (χ3n) is 4.16. The molecule has 11 heteroatoms. The first-order valence-electron chi connectivity index (χ1n) is 9.07. The molecule has 0 aromatic heterocycles. The number of carboxylic acids is 1. The van der Waals surface area contributed by atoms with Gasteiger partial charge >= 0.3 is 0 Å². The molecule has 32 heavy (non-hydrogen) atoms. The molecule has 0 radical (unpaired) electrons. The molecule has 0 saturated carbocycles. The number of carboxylic acid groups (broad SMARTS) is 1. The second kappa shape index (κ2) is 10.2. The summed E-state index contributed by atoms with van der Waals surface area (Å²) in [6, 6.07) is 10.1. The number of halogens is 2. The van der Waals surface area contributed by atoms with Gasteiger partial charge in [0.1, 0.15) is 13.2 Å². The molecule has 3 rings (SSSR count). The molecule has 8 nitrogen and oxygen atoms in total. The van der Waals surface area contributed by atoms with E-state index in [2.05, 4.69) is 21.2 Å². The number of benzene rings is 2. The number of ether oxygens (including phenoxy) is 1. The zero-order valence-electron chi connectivity index (χ0n) is 16.5. The molecule has 0 atom stereocenters. The average Bonchev–Trinajstić information content (AvgIpc) is 2.96. The minimum atomic E-state index is -1.41. The summed E-state index contributed by atoms with van der Waals surface area (Å²) in [5.74, 6) is -2.41. The van der Waals surface area contributed by atoms with Gasteiger partial charge in [0.25, 0.3) is 11.1 Å². The summed E-state index contributed by atoms with van der Waals surface area (Å²) in [7, 11) is 0. The molecular weight excluding hydrogens is 524 g/mol. The number of hydrogen-bond acceptors (Lipinski definition) is 7. The van der Waals surface area contributed by atoms with Crippen LogP contribution in [0.5, 0.6) is 5.75 Å². The number of nitrogens with one attached hydrogen (secondary N) is 1. The van der Waals surface area contributed by atoms with Crippen LogP contribution in [0.2, 0.25) is 5.02 Å². The van der Waals surface area contributed by atoms with Crippen molar-refractivity contribution < 1.29 is 29.0 Å². The van der Waals surface area contributed by atoms with Crippen molar-refractivity contribution in [2.75, 3.05) is 18.5 Å². The van der Waals surface area contributed by atoms with Crippen molar-refractivity contribution in [1.29, 1.82) is 0 Å². The Morgan fingerprint density at radius 1 is 1.25 bits per heavy atom. The standard InChI is InChI=1S/C21H16BrClN2O6S/c1-11-2-4-13(5-3-11)24-17(26)9-25-20(29)16(32-21(25)30)8-12-6-14(22)19(15(23)7-12)31-10-18(27)28/h2-8H,9-10H2,1H3,(H,24,26)(H,27,28)/p-1/b16-8-. The Morgan fingerprint density at radius 3 is 2.56 bits per heavy atom. The Bertz CT molecular complexity index is 1110. The normalized spacial score (nSPS) is 14.7. The predicted octanol–water partition coefficient (Wildman–Crippen LogP) is 3.21. The van der Waals surface area contributed by atoms with Crippen LogP contribution in [-0.4, -0.2) is 41.1 Å². The van der Waals surface area contributed by atoms with E-state index in [0.717, 1.165) is 10.5 Å². The maximum atomic E-state index is 12.7. The molecule has 0 bridgehead atoms. The lowest BCUT2D eigenvalue weighted by Gasteiger charge is -2.13. The number of nitrogens with zero attached hydrogens (tertiary/aromatic N) is 1. The summed E-state index contributed by atoms with van der Waals surface area (Å²) in [6.07, 6.45) is 1.45. The fourth-order valence-electron chi connectivity index (χ4n) is 2.70. The van der Waals surface area contributed by atoms with Crippen LogP contribution in [0.3, 0.4) is 0 Å². The average molecular weight is 539 g/mol. The number of anilines is 1. The van der Waals surface area contributed by atoms with Gasteiger partial charge in [0, 0.05) is 5.69 Å². The van der Waals surface area contributed by atoms with E-state index in [0.29, 0.717) is 27.5 Å². The van der Waals surface area contributed by atoms with Crippen molar-refractivity contribution in [3.05, 3.63) is 61.9 Å². The molecule has 0 aliphatic carbocycles. The van der Waals surface area contributed by atoms with Crippen LogP contribution in [0.4, 0.5) is 10.5 Å². The molecule has 1 heterocycles. The van der Waals surface area contributed by atoms with Crippen LogP contribution in [0.1, 0.15) is 11.1 Å². The number of amides is 3. The van der Waals surface area contributed by atoms with Gasteiger partial charge in [-0.3, -0.25) is 19.3 Å². The van der Waals surface area contributed by atoms with Gasteiger partial charge in [-0.25, -0.2) is 0 Å². The van der Waals surface area contributed by atoms with Gasteiger partial charge in [0.2, 0.25) is 5.91 Å². The maximum Gasteiger partial charge on any atom is 0.294 e. The highest BCUT2D eigenvalue weighted by Crippen LogP contribution is 2.37. The Morgan fingerprint density at radius 2 is 1.94 bits per heavy atom. The number of hydrogen-bond donors (Lipinski definition) is 1. The van der Waals surface area contributed by atoms with E-state index < -0.39 is 36.2 Å². The van der Waals surface area contributed by atoms with E-state index in [1.165, 1.54) is 12.1 Å². The zero-order valence-corrected chi connectivity index (χ0v) is 19.7. The number of aliphatic carboxylic acids is 1. The fraction of sp³-hybridized carbons (Fsp3) is 0.143. The number of thioether (sulfide) groups is 1. The summed E-state index contributed by atoms with van der Waals surface area (Å²) in [4.78, 5) is 48.8. The number of rotatable bonds is 7. The van der Waals surface area contributed by atoms with Crippen molar-refractivity contribution in [3.8, 4) is 5.75 Å².